The van der Waals surface area contributed by atoms with Crippen LogP contribution in [0.1, 0.15) is 6.42 Å². The summed E-state index contributed by atoms with van der Waals surface area (Å²) in [6, 6.07) is 0.462. The van der Waals surface area contributed by atoms with Crippen LogP contribution in [0, 0.1) is 0 Å². The van der Waals surface area contributed by atoms with Crippen LogP contribution >= 0.6 is 0 Å². The lowest BCUT2D eigenvalue weighted by Crippen LogP contribution is -2.38. The first-order valence-corrected chi connectivity index (χ1v) is 4.79. The quantitative estimate of drug-likeness (QED) is 0.680. The van der Waals surface area contributed by atoms with Crippen molar-refractivity contribution < 1.29 is 4.74 Å². The number of fused-ring (bicyclic) bond motifs is 2. The molecule has 2 saturated heterocycles. The third-order valence-electron chi connectivity index (χ3n) is 2.82. The SMILES string of the molecule is Nc1cnc(N2CC3CC2CO3)nc1. The molecule has 2 atom stereocenters. The Labute approximate surface area is 81.9 Å². The summed E-state index contributed by atoms with van der Waals surface area (Å²) in [6.45, 7) is 1.72. The van der Waals surface area contributed by atoms with E-state index in [4.69, 9.17) is 10.5 Å². The van der Waals surface area contributed by atoms with Crippen molar-refractivity contribution in [2.24, 2.45) is 0 Å². The van der Waals surface area contributed by atoms with Gasteiger partial charge in [-0.15, -0.1) is 0 Å². The molecule has 5 nitrogen and oxygen atoms in total. The molecule has 0 amide bonds. The number of anilines is 2. The van der Waals surface area contributed by atoms with E-state index in [9.17, 15) is 0 Å². The summed E-state index contributed by atoms with van der Waals surface area (Å²) in [7, 11) is 0. The maximum atomic E-state index is 5.53. The number of nitrogens with two attached hydrogens (primary N) is 1. The fourth-order valence-corrected chi connectivity index (χ4v) is 2.12. The average molecular weight is 192 g/mol. The highest BCUT2D eigenvalue weighted by atomic mass is 16.5. The molecule has 0 radical (unpaired) electrons. The third-order valence-corrected chi connectivity index (χ3v) is 2.82. The van der Waals surface area contributed by atoms with Crippen LogP contribution in [0.15, 0.2) is 12.4 Å². The van der Waals surface area contributed by atoms with Gasteiger partial charge in [0.05, 0.1) is 36.8 Å². The molecule has 2 fully saturated rings. The van der Waals surface area contributed by atoms with Gasteiger partial charge < -0.3 is 15.4 Å². The van der Waals surface area contributed by atoms with Gasteiger partial charge in [-0.25, -0.2) is 9.97 Å². The highest BCUT2D eigenvalue weighted by Crippen LogP contribution is 2.30. The lowest BCUT2D eigenvalue weighted by Gasteiger charge is -2.26. The summed E-state index contributed by atoms with van der Waals surface area (Å²) in [5.74, 6) is 0.773. The van der Waals surface area contributed by atoms with Gasteiger partial charge in [-0.1, -0.05) is 0 Å². The Morgan fingerprint density at radius 1 is 1.43 bits per heavy atom. The molecule has 2 aliphatic rings. The minimum atomic E-state index is 0.376. The summed E-state index contributed by atoms with van der Waals surface area (Å²) < 4.78 is 5.51. The van der Waals surface area contributed by atoms with Crippen LogP contribution in [-0.4, -0.2) is 35.3 Å². The van der Waals surface area contributed by atoms with E-state index in [1.165, 1.54) is 0 Å². The fourth-order valence-electron chi connectivity index (χ4n) is 2.12. The molecule has 2 unspecified atom stereocenters. The van der Waals surface area contributed by atoms with Crippen molar-refractivity contribution in [3.63, 3.8) is 0 Å². The second kappa shape index (κ2) is 2.81. The van der Waals surface area contributed by atoms with Crippen LogP contribution in [0.3, 0.4) is 0 Å². The highest BCUT2D eigenvalue weighted by Gasteiger charge is 2.40. The Hall–Kier alpha value is -1.36. The normalized spacial score (nSPS) is 29.9. The summed E-state index contributed by atoms with van der Waals surface area (Å²) in [5, 5.41) is 0. The standard InChI is InChI=1S/C9H12N4O/c10-6-2-11-9(12-3-6)13-4-8-1-7(13)5-14-8/h2-3,7-8H,1,4-5,10H2. The Balaban J connectivity index is 1.86. The van der Waals surface area contributed by atoms with Crippen LogP contribution in [-0.2, 0) is 4.74 Å². The molecule has 3 rings (SSSR count). The Morgan fingerprint density at radius 3 is 2.79 bits per heavy atom. The summed E-state index contributed by atoms with van der Waals surface area (Å²) in [6.07, 6.45) is 4.78. The first-order chi connectivity index (χ1) is 6.83. The maximum Gasteiger partial charge on any atom is 0.225 e. The molecule has 0 aromatic carbocycles. The molecule has 3 heterocycles. The Kier molecular flexibility index (Phi) is 1.61. The van der Waals surface area contributed by atoms with E-state index in [0.29, 0.717) is 17.8 Å². The number of aromatic nitrogens is 2. The number of nitrogen functional groups attached to an aromatic ring is 1. The number of nitrogens with zero attached hydrogens (tertiary/aromatic N) is 3. The van der Waals surface area contributed by atoms with E-state index in [2.05, 4.69) is 14.9 Å². The topological polar surface area (TPSA) is 64.3 Å². The van der Waals surface area contributed by atoms with Gasteiger partial charge >= 0.3 is 0 Å². The molecule has 0 aliphatic carbocycles. The molecular weight excluding hydrogens is 180 g/mol. The van der Waals surface area contributed by atoms with E-state index >= 15 is 0 Å². The number of morpholine rings is 1. The Morgan fingerprint density at radius 2 is 2.21 bits per heavy atom. The second-order valence-electron chi connectivity index (χ2n) is 3.81. The number of hydrogen-bond acceptors (Lipinski definition) is 5. The molecule has 0 spiro atoms. The fraction of sp³-hybridized carbons (Fsp3) is 0.556. The van der Waals surface area contributed by atoms with Crippen LogP contribution in [0.25, 0.3) is 0 Å². The minimum absolute atomic E-state index is 0.376. The summed E-state index contributed by atoms with van der Waals surface area (Å²) in [4.78, 5) is 10.6. The van der Waals surface area contributed by atoms with E-state index in [0.717, 1.165) is 25.5 Å². The predicted molar refractivity (Wildman–Crippen MR) is 51.9 cm³/mol. The zero-order chi connectivity index (χ0) is 9.54. The van der Waals surface area contributed by atoms with E-state index in [-0.39, 0.29) is 0 Å². The van der Waals surface area contributed by atoms with Gasteiger partial charge in [0.1, 0.15) is 0 Å². The molecule has 74 valence electrons. The molecule has 0 saturated carbocycles. The van der Waals surface area contributed by atoms with Gasteiger partial charge in [0.2, 0.25) is 5.95 Å². The summed E-state index contributed by atoms with van der Waals surface area (Å²) >= 11 is 0. The van der Waals surface area contributed by atoms with Crippen LogP contribution < -0.4 is 10.6 Å². The molecule has 2 bridgehead atoms. The highest BCUT2D eigenvalue weighted by molar-refractivity contribution is 5.40. The molecule has 2 aliphatic heterocycles. The predicted octanol–water partition coefficient (Wildman–Crippen LogP) is 0.0363. The van der Waals surface area contributed by atoms with E-state index in [1.807, 2.05) is 0 Å². The number of ether oxygens (including phenoxy) is 1. The first-order valence-electron chi connectivity index (χ1n) is 4.79. The molecule has 14 heavy (non-hydrogen) atoms. The van der Waals surface area contributed by atoms with Crippen molar-refractivity contribution in [2.75, 3.05) is 23.8 Å². The van der Waals surface area contributed by atoms with Crippen molar-refractivity contribution >= 4 is 11.6 Å². The van der Waals surface area contributed by atoms with Crippen molar-refractivity contribution in [3.8, 4) is 0 Å². The maximum absolute atomic E-state index is 5.53. The van der Waals surface area contributed by atoms with Gasteiger partial charge in [-0.3, -0.25) is 0 Å². The van der Waals surface area contributed by atoms with Gasteiger partial charge in [0.25, 0.3) is 0 Å². The van der Waals surface area contributed by atoms with Crippen LogP contribution in [0.4, 0.5) is 11.6 Å². The molecule has 1 aromatic heterocycles. The lowest BCUT2D eigenvalue weighted by molar-refractivity contribution is 0.0986. The van der Waals surface area contributed by atoms with E-state index < -0.39 is 0 Å². The average Bonchev–Trinajstić information content (AvgIpc) is 2.80. The van der Waals surface area contributed by atoms with Gasteiger partial charge in [0, 0.05) is 6.54 Å². The monoisotopic (exact) mass is 192 g/mol. The smallest absolute Gasteiger partial charge is 0.225 e. The minimum Gasteiger partial charge on any atom is -0.396 e. The molecular formula is C9H12N4O. The van der Waals surface area contributed by atoms with Crippen molar-refractivity contribution in [1.82, 2.24) is 9.97 Å². The second-order valence-corrected chi connectivity index (χ2v) is 3.81. The zero-order valence-corrected chi connectivity index (χ0v) is 7.76. The van der Waals surface area contributed by atoms with Crippen molar-refractivity contribution in [1.29, 1.82) is 0 Å². The molecule has 2 N–H and O–H groups in total. The first kappa shape index (κ1) is 7.99. The van der Waals surface area contributed by atoms with Crippen LogP contribution in [0.2, 0.25) is 0 Å². The van der Waals surface area contributed by atoms with Gasteiger partial charge in [0.15, 0.2) is 0 Å². The third kappa shape index (κ3) is 1.13. The zero-order valence-electron chi connectivity index (χ0n) is 7.76. The summed E-state index contributed by atoms with van der Waals surface area (Å²) in [5.41, 5.74) is 6.14. The van der Waals surface area contributed by atoms with Crippen molar-refractivity contribution in [2.45, 2.75) is 18.6 Å². The molecule has 1 aromatic rings. The van der Waals surface area contributed by atoms with Gasteiger partial charge in [-0.2, -0.15) is 0 Å². The van der Waals surface area contributed by atoms with Crippen LogP contribution in [0.5, 0.6) is 0 Å². The van der Waals surface area contributed by atoms with Gasteiger partial charge in [-0.05, 0) is 6.42 Å². The molecule has 5 heteroatoms. The number of hydrogen-bond donors (Lipinski definition) is 1. The Bertz CT molecular complexity index is 339. The van der Waals surface area contributed by atoms with E-state index in [1.54, 1.807) is 12.4 Å². The largest absolute Gasteiger partial charge is 0.396 e. The number of rotatable bonds is 1. The lowest BCUT2D eigenvalue weighted by atomic mass is 10.2. The van der Waals surface area contributed by atoms with Crippen molar-refractivity contribution in [3.05, 3.63) is 12.4 Å².